The number of rotatable bonds is 6. The van der Waals surface area contributed by atoms with E-state index in [1.165, 1.54) is 24.5 Å². The summed E-state index contributed by atoms with van der Waals surface area (Å²) >= 11 is 0. The van der Waals surface area contributed by atoms with Crippen molar-refractivity contribution in [3.63, 3.8) is 0 Å². The molecule has 1 aromatic carbocycles. The fourth-order valence-electron chi connectivity index (χ4n) is 2.61. The highest BCUT2D eigenvalue weighted by Gasteiger charge is 2.21. The minimum Gasteiger partial charge on any atom is -0.276 e. The topological polar surface area (TPSA) is 81.8 Å². The lowest BCUT2D eigenvalue weighted by Crippen LogP contribution is -2.14. The Bertz CT molecular complexity index is 1020. The van der Waals surface area contributed by atoms with Gasteiger partial charge in [-0.05, 0) is 38.5 Å². The zero-order valence-corrected chi connectivity index (χ0v) is 15.6. The van der Waals surface area contributed by atoms with Gasteiger partial charge in [-0.25, -0.2) is 12.8 Å². The van der Waals surface area contributed by atoms with E-state index < -0.39 is 10.0 Å². The zero-order chi connectivity index (χ0) is 18.9. The molecule has 0 fully saturated rings. The number of nitrogens with one attached hydrogen (secondary N) is 1. The molecule has 0 atom stereocenters. The quantitative estimate of drug-likeness (QED) is 0.716. The van der Waals surface area contributed by atoms with Gasteiger partial charge in [0.15, 0.2) is 0 Å². The van der Waals surface area contributed by atoms with Crippen molar-refractivity contribution in [3.05, 3.63) is 59.4 Å². The Labute approximate surface area is 151 Å². The highest BCUT2D eigenvalue weighted by atomic mass is 32.2. The van der Waals surface area contributed by atoms with Gasteiger partial charge < -0.3 is 0 Å². The van der Waals surface area contributed by atoms with Crippen LogP contribution in [0.3, 0.4) is 0 Å². The lowest BCUT2D eigenvalue weighted by Gasteiger charge is -2.08. The first kappa shape index (κ1) is 18.1. The van der Waals surface area contributed by atoms with Crippen LogP contribution in [0.1, 0.15) is 23.9 Å². The van der Waals surface area contributed by atoms with Crippen molar-refractivity contribution in [2.24, 2.45) is 0 Å². The number of anilines is 1. The fourth-order valence-corrected chi connectivity index (χ4v) is 3.74. The maximum Gasteiger partial charge on any atom is 0.265 e. The Kier molecular flexibility index (Phi) is 4.82. The van der Waals surface area contributed by atoms with Crippen molar-refractivity contribution in [3.8, 4) is 0 Å². The average molecular weight is 377 g/mol. The summed E-state index contributed by atoms with van der Waals surface area (Å²) in [5.41, 5.74) is 2.56. The molecule has 0 unspecified atom stereocenters. The van der Waals surface area contributed by atoms with Gasteiger partial charge in [-0.15, -0.1) is 0 Å². The number of hydrogen-bond donors (Lipinski definition) is 1. The molecule has 2 aromatic heterocycles. The van der Waals surface area contributed by atoms with E-state index in [9.17, 15) is 12.8 Å². The standard InChI is InChI=1S/C17H20FN5O2S/c1-4-22-11-16(9-19-22)26(24,25)21-17-12(2)20-23(13(17)3)10-14-5-7-15(18)8-6-14/h5-9,11,21H,4,10H2,1-3H3. The highest BCUT2D eigenvalue weighted by Crippen LogP contribution is 2.24. The molecular weight excluding hydrogens is 357 g/mol. The van der Waals surface area contributed by atoms with E-state index >= 15 is 0 Å². The molecule has 0 aliphatic heterocycles. The number of sulfonamides is 1. The van der Waals surface area contributed by atoms with E-state index in [-0.39, 0.29) is 10.7 Å². The summed E-state index contributed by atoms with van der Waals surface area (Å²) in [6.07, 6.45) is 2.80. The third-order valence-corrected chi connectivity index (χ3v) is 5.41. The van der Waals surface area contributed by atoms with Crippen molar-refractivity contribution >= 4 is 15.7 Å². The SMILES string of the molecule is CCn1cc(S(=O)(=O)Nc2c(C)nn(Cc3ccc(F)cc3)c2C)cn1. The van der Waals surface area contributed by atoms with E-state index in [0.29, 0.717) is 30.2 Å². The van der Waals surface area contributed by atoms with E-state index in [1.807, 2.05) is 6.92 Å². The Hall–Kier alpha value is -2.68. The minimum atomic E-state index is -3.75. The molecule has 0 radical (unpaired) electrons. The first-order chi connectivity index (χ1) is 12.3. The summed E-state index contributed by atoms with van der Waals surface area (Å²) in [6.45, 7) is 6.41. The van der Waals surface area contributed by atoms with Gasteiger partial charge in [0.05, 0.1) is 29.8 Å². The predicted octanol–water partition coefficient (Wildman–Crippen LogP) is 2.70. The molecule has 0 aliphatic carbocycles. The van der Waals surface area contributed by atoms with Crippen LogP contribution in [-0.2, 0) is 23.1 Å². The second-order valence-corrected chi connectivity index (χ2v) is 7.65. The Morgan fingerprint density at radius 2 is 1.88 bits per heavy atom. The smallest absolute Gasteiger partial charge is 0.265 e. The molecule has 0 spiro atoms. The number of aryl methyl sites for hydroxylation is 2. The van der Waals surface area contributed by atoms with E-state index in [4.69, 9.17) is 0 Å². The molecule has 138 valence electrons. The summed E-state index contributed by atoms with van der Waals surface area (Å²) in [7, 11) is -3.75. The first-order valence-corrected chi connectivity index (χ1v) is 9.62. The van der Waals surface area contributed by atoms with Crippen LogP contribution in [0.15, 0.2) is 41.6 Å². The summed E-state index contributed by atoms with van der Waals surface area (Å²) in [5, 5.41) is 8.40. The van der Waals surface area contributed by atoms with Crippen molar-refractivity contribution < 1.29 is 12.8 Å². The van der Waals surface area contributed by atoms with Gasteiger partial charge in [0.1, 0.15) is 10.7 Å². The lowest BCUT2D eigenvalue weighted by atomic mass is 10.2. The van der Waals surface area contributed by atoms with Gasteiger partial charge in [-0.3, -0.25) is 14.1 Å². The van der Waals surface area contributed by atoms with Gasteiger partial charge >= 0.3 is 0 Å². The van der Waals surface area contributed by atoms with Crippen LogP contribution in [0.5, 0.6) is 0 Å². The van der Waals surface area contributed by atoms with Crippen LogP contribution >= 0.6 is 0 Å². The molecular formula is C17H20FN5O2S. The maximum absolute atomic E-state index is 13.0. The molecule has 9 heteroatoms. The summed E-state index contributed by atoms with van der Waals surface area (Å²) < 4.78 is 44.1. The number of halogens is 1. The van der Waals surface area contributed by atoms with Crippen LogP contribution in [0.2, 0.25) is 0 Å². The molecule has 26 heavy (non-hydrogen) atoms. The molecule has 0 bridgehead atoms. The Balaban J connectivity index is 1.86. The molecule has 1 N–H and O–H groups in total. The van der Waals surface area contributed by atoms with Crippen LogP contribution in [-0.4, -0.2) is 28.0 Å². The Morgan fingerprint density at radius 1 is 1.19 bits per heavy atom. The van der Waals surface area contributed by atoms with Gasteiger partial charge in [0.2, 0.25) is 0 Å². The second kappa shape index (κ2) is 6.91. The monoisotopic (exact) mass is 377 g/mol. The molecule has 3 rings (SSSR count). The third-order valence-electron chi connectivity index (χ3n) is 4.11. The minimum absolute atomic E-state index is 0.101. The Morgan fingerprint density at radius 3 is 2.50 bits per heavy atom. The third kappa shape index (κ3) is 3.62. The summed E-state index contributed by atoms with van der Waals surface area (Å²) in [4.78, 5) is 0.101. The normalized spacial score (nSPS) is 11.7. The van der Waals surface area contributed by atoms with Gasteiger partial charge in [-0.1, -0.05) is 12.1 Å². The van der Waals surface area contributed by atoms with E-state index in [1.54, 1.807) is 35.3 Å². The van der Waals surface area contributed by atoms with E-state index in [0.717, 1.165) is 5.56 Å². The van der Waals surface area contributed by atoms with Crippen LogP contribution in [0.4, 0.5) is 10.1 Å². The van der Waals surface area contributed by atoms with Crippen molar-refractivity contribution in [2.45, 2.75) is 38.8 Å². The molecule has 7 nitrogen and oxygen atoms in total. The zero-order valence-electron chi connectivity index (χ0n) is 14.8. The van der Waals surface area contributed by atoms with Crippen LogP contribution in [0.25, 0.3) is 0 Å². The maximum atomic E-state index is 13.0. The number of hydrogen-bond acceptors (Lipinski definition) is 4. The first-order valence-electron chi connectivity index (χ1n) is 8.14. The van der Waals surface area contributed by atoms with Crippen LogP contribution < -0.4 is 4.72 Å². The molecule has 3 aromatic rings. The largest absolute Gasteiger partial charge is 0.276 e. The van der Waals surface area contributed by atoms with Crippen molar-refractivity contribution in [1.29, 1.82) is 0 Å². The fraction of sp³-hybridized carbons (Fsp3) is 0.294. The molecule has 0 saturated carbocycles. The highest BCUT2D eigenvalue weighted by molar-refractivity contribution is 7.92. The van der Waals surface area contributed by atoms with Crippen LogP contribution in [0, 0.1) is 19.7 Å². The molecule has 0 amide bonds. The molecule has 0 saturated heterocycles. The molecule has 2 heterocycles. The summed E-state index contributed by atoms with van der Waals surface area (Å²) in [6, 6.07) is 6.12. The number of aromatic nitrogens is 4. The number of benzene rings is 1. The van der Waals surface area contributed by atoms with Gasteiger partial charge in [0, 0.05) is 12.7 Å². The predicted molar refractivity (Wildman–Crippen MR) is 95.9 cm³/mol. The molecule has 0 aliphatic rings. The lowest BCUT2D eigenvalue weighted by molar-refractivity contribution is 0.600. The second-order valence-electron chi connectivity index (χ2n) is 5.97. The van der Waals surface area contributed by atoms with Gasteiger partial charge in [-0.2, -0.15) is 10.2 Å². The van der Waals surface area contributed by atoms with Crippen molar-refractivity contribution in [2.75, 3.05) is 4.72 Å². The van der Waals surface area contributed by atoms with Gasteiger partial charge in [0.25, 0.3) is 10.0 Å². The number of nitrogens with zero attached hydrogens (tertiary/aromatic N) is 4. The summed E-state index contributed by atoms with van der Waals surface area (Å²) in [5.74, 6) is -0.303. The average Bonchev–Trinajstić information content (AvgIpc) is 3.18. The van der Waals surface area contributed by atoms with Crippen molar-refractivity contribution in [1.82, 2.24) is 19.6 Å². The van der Waals surface area contributed by atoms with E-state index in [2.05, 4.69) is 14.9 Å².